The third-order valence-corrected chi connectivity index (χ3v) is 7.47. The van der Waals surface area contributed by atoms with Crippen LogP contribution in [0.1, 0.15) is 0 Å². The number of aromatic nitrogens is 1. The average molecular weight is 413 g/mol. The molecule has 0 saturated carbocycles. The number of rotatable bonds is 3. The average Bonchev–Trinajstić information content (AvgIpc) is 2.87. The summed E-state index contributed by atoms with van der Waals surface area (Å²) >= 11 is 19.0. The predicted octanol–water partition coefficient (Wildman–Crippen LogP) is 3.61. The van der Waals surface area contributed by atoms with E-state index in [1.165, 1.54) is 10.4 Å². The lowest BCUT2D eigenvalue weighted by atomic mass is 10.3. The van der Waals surface area contributed by atoms with Crippen molar-refractivity contribution in [3.63, 3.8) is 0 Å². The maximum absolute atomic E-state index is 12.7. The Morgan fingerprint density at radius 2 is 1.83 bits per heavy atom. The molecule has 1 saturated heterocycles. The van der Waals surface area contributed by atoms with Gasteiger partial charge >= 0.3 is 0 Å². The van der Waals surface area contributed by atoms with Crippen LogP contribution in [0.2, 0.25) is 13.7 Å². The molecule has 0 amide bonds. The third-order valence-electron chi connectivity index (χ3n) is 3.52. The van der Waals surface area contributed by atoms with Crippen molar-refractivity contribution in [3.05, 3.63) is 38.1 Å². The van der Waals surface area contributed by atoms with Crippen LogP contribution in [0.5, 0.6) is 0 Å². The lowest BCUT2D eigenvalue weighted by Crippen LogP contribution is -2.49. The maximum atomic E-state index is 12.7. The summed E-state index contributed by atoms with van der Waals surface area (Å²) in [5.74, 6) is 0.669. The van der Waals surface area contributed by atoms with E-state index < -0.39 is 10.0 Å². The number of hydrogen-bond donors (Lipinski definition) is 0. The van der Waals surface area contributed by atoms with E-state index in [9.17, 15) is 8.42 Å². The number of sulfonamides is 1. The number of pyridine rings is 1. The van der Waals surface area contributed by atoms with Gasteiger partial charge < -0.3 is 4.90 Å². The molecule has 2 aromatic heterocycles. The van der Waals surface area contributed by atoms with Crippen molar-refractivity contribution in [2.24, 2.45) is 0 Å². The molecule has 124 valence electrons. The molecule has 0 radical (unpaired) electrons. The third kappa shape index (κ3) is 3.45. The van der Waals surface area contributed by atoms with Crippen molar-refractivity contribution in [1.82, 2.24) is 9.29 Å². The highest BCUT2D eigenvalue weighted by molar-refractivity contribution is 7.89. The van der Waals surface area contributed by atoms with E-state index in [0.29, 0.717) is 41.4 Å². The van der Waals surface area contributed by atoms with Crippen molar-refractivity contribution in [3.8, 4) is 0 Å². The zero-order chi connectivity index (χ0) is 16.6. The van der Waals surface area contributed by atoms with E-state index in [0.717, 1.165) is 11.3 Å². The molecular formula is C13H12Cl3N3O2S2. The zero-order valence-electron chi connectivity index (χ0n) is 11.7. The highest BCUT2D eigenvalue weighted by Gasteiger charge is 2.32. The van der Waals surface area contributed by atoms with E-state index in [4.69, 9.17) is 34.8 Å². The van der Waals surface area contributed by atoms with Crippen LogP contribution < -0.4 is 4.90 Å². The molecule has 0 aromatic carbocycles. The van der Waals surface area contributed by atoms with Gasteiger partial charge in [0.25, 0.3) is 0 Å². The Morgan fingerprint density at radius 1 is 1.13 bits per heavy atom. The lowest BCUT2D eigenvalue weighted by Gasteiger charge is -2.34. The Bertz CT molecular complexity index is 818. The van der Waals surface area contributed by atoms with E-state index in [1.807, 2.05) is 4.90 Å². The van der Waals surface area contributed by atoms with Crippen molar-refractivity contribution >= 4 is 62.0 Å². The van der Waals surface area contributed by atoms with Crippen molar-refractivity contribution < 1.29 is 8.42 Å². The first kappa shape index (κ1) is 17.3. The molecule has 1 aliphatic heterocycles. The molecule has 0 N–H and O–H groups in total. The fraction of sp³-hybridized carbons (Fsp3) is 0.308. The molecule has 0 bridgehead atoms. The van der Waals surface area contributed by atoms with Crippen LogP contribution in [0.4, 0.5) is 5.82 Å². The van der Waals surface area contributed by atoms with Crippen LogP contribution in [0, 0.1) is 0 Å². The van der Waals surface area contributed by atoms with Crippen molar-refractivity contribution in [2.75, 3.05) is 31.1 Å². The summed E-state index contributed by atoms with van der Waals surface area (Å²) in [4.78, 5) is 6.29. The number of halogens is 3. The molecule has 3 rings (SSSR count). The summed E-state index contributed by atoms with van der Waals surface area (Å²) in [5, 5.41) is 0.552. The molecule has 1 fully saturated rings. The molecule has 1 aliphatic rings. The fourth-order valence-electron chi connectivity index (χ4n) is 2.39. The molecule has 0 aliphatic carbocycles. The van der Waals surface area contributed by atoms with E-state index in [-0.39, 0.29) is 9.23 Å². The largest absolute Gasteiger partial charge is 0.353 e. The second kappa shape index (κ2) is 6.74. The summed E-state index contributed by atoms with van der Waals surface area (Å²) in [6, 6.07) is 4.92. The van der Waals surface area contributed by atoms with Gasteiger partial charge in [0.05, 0.1) is 9.36 Å². The first-order valence-corrected chi connectivity index (χ1v) is 10.1. The molecule has 10 heteroatoms. The Kier molecular flexibility index (Phi) is 5.06. The van der Waals surface area contributed by atoms with Gasteiger partial charge in [0.2, 0.25) is 10.0 Å². The van der Waals surface area contributed by atoms with Gasteiger partial charge in [-0.05, 0) is 18.2 Å². The van der Waals surface area contributed by atoms with Crippen molar-refractivity contribution in [1.29, 1.82) is 0 Å². The van der Waals surface area contributed by atoms with Gasteiger partial charge in [-0.1, -0.05) is 34.8 Å². The van der Waals surface area contributed by atoms with Crippen molar-refractivity contribution in [2.45, 2.75) is 4.90 Å². The second-order valence-corrected chi connectivity index (χ2v) is 9.49. The van der Waals surface area contributed by atoms with Gasteiger partial charge in [0, 0.05) is 32.4 Å². The van der Waals surface area contributed by atoms with Gasteiger partial charge in [0.15, 0.2) is 0 Å². The van der Waals surface area contributed by atoms with Crippen LogP contribution in [0.3, 0.4) is 0 Å². The zero-order valence-corrected chi connectivity index (χ0v) is 15.6. The quantitative estimate of drug-likeness (QED) is 0.773. The number of thiophene rings is 1. The topological polar surface area (TPSA) is 53.5 Å². The van der Waals surface area contributed by atoms with Crippen LogP contribution in [-0.4, -0.2) is 43.9 Å². The first-order chi connectivity index (χ1) is 10.9. The smallest absolute Gasteiger partial charge is 0.245 e. The molecule has 0 spiro atoms. The molecule has 2 aromatic rings. The molecule has 23 heavy (non-hydrogen) atoms. The Morgan fingerprint density at radius 3 is 2.39 bits per heavy atom. The van der Waals surface area contributed by atoms with Gasteiger partial charge in [-0.15, -0.1) is 11.3 Å². The number of anilines is 1. The van der Waals surface area contributed by atoms with Crippen LogP contribution >= 0.6 is 46.1 Å². The molecular weight excluding hydrogens is 401 g/mol. The minimum absolute atomic E-state index is 0.0680. The normalized spacial score (nSPS) is 16.7. The standard InChI is InChI=1S/C13H12Cl3N3O2S2/c14-9-2-1-3-17-13(9)18-4-6-19(7-5-18)23(20,21)10-8-11(15)22-12(10)16/h1-3,8H,4-7H2. The van der Waals surface area contributed by atoms with Gasteiger partial charge in [-0.2, -0.15) is 4.31 Å². The predicted molar refractivity (Wildman–Crippen MR) is 94.6 cm³/mol. The van der Waals surface area contributed by atoms with Gasteiger partial charge in [0.1, 0.15) is 15.0 Å². The van der Waals surface area contributed by atoms with E-state index in [2.05, 4.69) is 4.98 Å². The molecule has 0 unspecified atom stereocenters. The lowest BCUT2D eigenvalue weighted by molar-refractivity contribution is 0.384. The summed E-state index contributed by atoms with van der Waals surface area (Å²) in [6.07, 6.45) is 1.66. The minimum Gasteiger partial charge on any atom is -0.353 e. The summed E-state index contributed by atoms with van der Waals surface area (Å²) in [7, 11) is -3.64. The number of piperazine rings is 1. The second-order valence-electron chi connectivity index (χ2n) is 4.89. The highest BCUT2D eigenvalue weighted by atomic mass is 35.5. The van der Waals surface area contributed by atoms with Gasteiger partial charge in [-0.3, -0.25) is 0 Å². The molecule has 0 atom stereocenters. The summed E-state index contributed by atoms with van der Waals surface area (Å²) in [6.45, 7) is 1.68. The SMILES string of the molecule is O=S(=O)(c1cc(Cl)sc1Cl)N1CCN(c2ncccc2Cl)CC1. The number of hydrogen-bond acceptors (Lipinski definition) is 5. The Balaban J connectivity index is 1.76. The molecule has 3 heterocycles. The monoisotopic (exact) mass is 411 g/mol. The van der Waals surface area contributed by atoms with Crippen LogP contribution in [-0.2, 0) is 10.0 Å². The molecule has 5 nitrogen and oxygen atoms in total. The Labute approximate surface area is 153 Å². The fourth-order valence-corrected chi connectivity index (χ4v) is 6.17. The number of nitrogens with zero attached hydrogens (tertiary/aromatic N) is 3. The first-order valence-electron chi connectivity index (χ1n) is 6.70. The maximum Gasteiger partial charge on any atom is 0.245 e. The van der Waals surface area contributed by atoms with E-state index >= 15 is 0 Å². The summed E-state index contributed by atoms with van der Waals surface area (Å²) < 4.78 is 27.3. The van der Waals surface area contributed by atoms with E-state index in [1.54, 1.807) is 18.3 Å². The van der Waals surface area contributed by atoms with Crippen LogP contribution in [0.15, 0.2) is 29.3 Å². The highest BCUT2D eigenvalue weighted by Crippen LogP contribution is 2.36. The Hall–Kier alpha value is -0.570. The van der Waals surface area contributed by atoms with Crippen LogP contribution in [0.25, 0.3) is 0 Å². The van der Waals surface area contributed by atoms with Gasteiger partial charge in [-0.25, -0.2) is 13.4 Å². The summed E-state index contributed by atoms with van der Waals surface area (Å²) in [5.41, 5.74) is 0. The minimum atomic E-state index is -3.64.